The van der Waals surface area contributed by atoms with Crippen LogP contribution in [-0.2, 0) is 0 Å². The van der Waals surface area contributed by atoms with Crippen LogP contribution in [0.15, 0.2) is 224 Å². The molecule has 2 aliphatic rings. The first kappa shape index (κ1) is 32.8. The zero-order valence-electron chi connectivity index (χ0n) is 31.2. The predicted molar refractivity (Wildman–Crippen MR) is 239 cm³/mol. The summed E-state index contributed by atoms with van der Waals surface area (Å²) in [5.41, 5.74) is 19.7. The Bertz CT molecular complexity index is 2680. The molecule has 57 heavy (non-hydrogen) atoms. The standard InChI is InChI=1S/C54H37N3/c1-5-14-38(15-6-1)42-24-30-46(31-25-42)55-48-34-28-44(40-18-9-3-10-19-40)36-52(48)57-53-37-45(41-20-11-4-12-21-41)29-35-49(53)56(51-23-13-22-50(55)54(51)57)47-32-26-43(27-33-47)39-16-7-2-8-17-39/h1-37H. The smallest absolute Gasteiger partial charge is 0.0947 e. The number of anilines is 9. The SMILES string of the molecule is c1ccc(-c2ccc(N3c4ccc(-c5ccccc5)cc4N4c5cc(-c6ccccc6)ccc5N(c5ccc(-c6ccccc6)cc5)c5cccc3c54)cc2)cc1. The number of fused-ring (bicyclic) bond motifs is 4. The fourth-order valence-corrected chi connectivity index (χ4v) is 8.57. The molecule has 0 saturated carbocycles. The van der Waals surface area contributed by atoms with Gasteiger partial charge in [-0.3, -0.25) is 0 Å². The lowest BCUT2D eigenvalue weighted by Gasteiger charge is -2.47. The summed E-state index contributed by atoms with van der Waals surface area (Å²) in [7, 11) is 0. The van der Waals surface area contributed by atoms with Crippen LogP contribution in [0.5, 0.6) is 0 Å². The number of rotatable bonds is 6. The Balaban J connectivity index is 1.15. The van der Waals surface area contributed by atoms with E-state index < -0.39 is 0 Å². The van der Waals surface area contributed by atoms with Gasteiger partial charge in [0, 0.05) is 11.4 Å². The zero-order valence-corrected chi connectivity index (χ0v) is 31.2. The van der Waals surface area contributed by atoms with E-state index in [1.807, 2.05) is 0 Å². The summed E-state index contributed by atoms with van der Waals surface area (Å²) in [4.78, 5) is 7.39. The second-order valence-corrected chi connectivity index (χ2v) is 14.6. The van der Waals surface area contributed by atoms with E-state index in [0.717, 1.165) is 51.2 Å². The summed E-state index contributed by atoms with van der Waals surface area (Å²) >= 11 is 0. The van der Waals surface area contributed by atoms with Crippen LogP contribution in [0.3, 0.4) is 0 Å². The average Bonchev–Trinajstić information content (AvgIpc) is 3.30. The second kappa shape index (κ2) is 13.6. The van der Waals surface area contributed by atoms with Gasteiger partial charge in [0.15, 0.2) is 0 Å². The lowest BCUT2D eigenvalue weighted by molar-refractivity contribution is 1.12. The zero-order chi connectivity index (χ0) is 37.7. The highest BCUT2D eigenvalue weighted by molar-refractivity contribution is 6.13. The summed E-state index contributed by atoms with van der Waals surface area (Å²) in [6, 6.07) is 81.3. The van der Waals surface area contributed by atoms with Gasteiger partial charge in [-0.25, -0.2) is 0 Å². The van der Waals surface area contributed by atoms with Crippen molar-refractivity contribution in [2.24, 2.45) is 0 Å². The van der Waals surface area contributed by atoms with Crippen molar-refractivity contribution < 1.29 is 0 Å². The highest BCUT2D eigenvalue weighted by Gasteiger charge is 2.39. The molecule has 0 bridgehead atoms. The van der Waals surface area contributed by atoms with Crippen LogP contribution in [0.1, 0.15) is 0 Å². The monoisotopic (exact) mass is 727 g/mol. The van der Waals surface area contributed by atoms with E-state index in [1.54, 1.807) is 0 Å². The third-order valence-corrected chi connectivity index (χ3v) is 11.3. The molecular formula is C54H37N3. The van der Waals surface area contributed by atoms with E-state index in [9.17, 15) is 0 Å². The molecule has 2 aliphatic heterocycles. The number of hydrogen-bond donors (Lipinski definition) is 0. The van der Waals surface area contributed by atoms with Crippen molar-refractivity contribution in [2.45, 2.75) is 0 Å². The number of nitrogens with zero attached hydrogens (tertiary/aromatic N) is 3. The summed E-state index contributed by atoms with van der Waals surface area (Å²) in [5, 5.41) is 0. The Kier molecular flexibility index (Phi) is 7.82. The fourth-order valence-electron chi connectivity index (χ4n) is 8.57. The lowest BCUT2D eigenvalue weighted by atomic mass is 9.94. The van der Waals surface area contributed by atoms with Crippen LogP contribution in [0, 0.1) is 0 Å². The molecule has 0 aromatic heterocycles. The molecular weight excluding hydrogens is 691 g/mol. The molecule has 0 saturated heterocycles. The molecule has 0 unspecified atom stereocenters. The maximum Gasteiger partial charge on any atom is 0.0947 e. The first-order chi connectivity index (χ1) is 28.3. The second-order valence-electron chi connectivity index (χ2n) is 14.6. The van der Waals surface area contributed by atoms with Crippen LogP contribution in [0.25, 0.3) is 44.5 Å². The molecule has 0 aliphatic carbocycles. The van der Waals surface area contributed by atoms with Gasteiger partial charge in [-0.1, -0.05) is 164 Å². The fraction of sp³-hybridized carbons (Fsp3) is 0. The maximum atomic E-state index is 2.51. The van der Waals surface area contributed by atoms with Gasteiger partial charge < -0.3 is 14.7 Å². The number of hydrogen-bond acceptors (Lipinski definition) is 3. The highest BCUT2D eigenvalue weighted by atomic mass is 15.3. The lowest BCUT2D eigenvalue weighted by Crippen LogP contribution is -2.30. The van der Waals surface area contributed by atoms with Gasteiger partial charge in [0.05, 0.1) is 39.8 Å². The Hall–Kier alpha value is -7.62. The van der Waals surface area contributed by atoms with Crippen molar-refractivity contribution in [3.8, 4) is 44.5 Å². The van der Waals surface area contributed by atoms with Crippen molar-refractivity contribution in [3.05, 3.63) is 224 Å². The van der Waals surface area contributed by atoms with Gasteiger partial charge >= 0.3 is 0 Å². The summed E-state index contributed by atoms with van der Waals surface area (Å²) in [6.45, 7) is 0. The molecule has 0 fully saturated rings. The van der Waals surface area contributed by atoms with E-state index in [1.165, 1.54) is 44.5 Å². The topological polar surface area (TPSA) is 9.72 Å². The van der Waals surface area contributed by atoms with E-state index in [2.05, 4.69) is 239 Å². The van der Waals surface area contributed by atoms with Crippen molar-refractivity contribution in [1.82, 2.24) is 0 Å². The molecule has 9 aromatic carbocycles. The van der Waals surface area contributed by atoms with Crippen molar-refractivity contribution in [3.63, 3.8) is 0 Å². The van der Waals surface area contributed by atoms with E-state index >= 15 is 0 Å². The molecule has 2 heterocycles. The number of benzene rings is 9. The molecule has 9 aromatic rings. The van der Waals surface area contributed by atoms with E-state index in [0.29, 0.717) is 0 Å². The van der Waals surface area contributed by atoms with Crippen molar-refractivity contribution in [2.75, 3.05) is 14.7 Å². The van der Waals surface area contributed by atoms with Crippen LogP contribution < -0.4 is 14.7 Å². The molecule has 11 rings (SSSR count). The third-order valence-electron chi connectivity index (χ3n) is 11.3. The molecule has 3 heteroatoms. The van der Waals surface area contributed by atoms with E-state index in [-0.39, 0.29) is 0 Å². The first-order valence-corrected chi connectivity index (χ1v) is 19.5. The minimum atomic E-state index is 1.11. The van der Waals surface area contributed by atoms with Crippen LogP contribution in [0.4, 0.5) is 51.2 Å². The minimum absolute atomic E-state index is 1.11. The molecule has 268 valence electrons. The number of para-hydroxylation sites is 1. The molecule has 0 radical (unpaired) electrons. The first-order valence-electron chi connectivity index (χ1n) is 19.5. The van der Waals surface area contributed by atoms with E-state index in [4.69, 9.17) is 0 Å². The van der Waals surface area contributed by atoms with Gasteiger partial charge in [-0.15, -0.1) is 0 Å². The van der Waals surface area contributed by atoms with Gasteiger partial charge in [0.2, 0.25) is 0 Å². The average molecular weight is 728 g/mol. The molecule has 0 atom stereocenters. The Morgan fingerprint density at radius 1 is 0.193 bits per heavy atom. The van der Waals surface area contributed by atoms with Crippen LogP contribution >= 0.6 is 0 Å². The van der Waals surface area contributed by atoms with Gasteiger partial charge in [0.1, 0.15) is 0 Å². The van der Waals surface area contributed by atoms with Crippen molar-refractivity contribution >= 4 is 51.2 Å². The minimum Gasteiger partial charge on any atom is -0.306 e. The van der Waals surface area contributed by atoms with Gasteiger partial charge in [-0.2, -0.15) is 0 Å². The van der Waals surface area contributed by atoms with Crippen LogP contribution in [0.2, 0.25) is 0 Å². The largest absolute Gasteiger partial charge is 0.306 e. The molecule has 0 spiro atoms. The maximum absolute atomic E-state index is 2.51. The molecule has 0 N–H and O–H groups in total. The van der Waals surface area contributed by atoms with Crippen LogP contribution in [-0.4, -0.2) is 0 Å². The third kappa shape index (κ3) is 5.60. The normalized spacial score (nSPS) is 12.5. The highest BCUT2D eigenvalue weighted by Crippen LogP contribution is 2.64. The summed E-state index contributed by atoms with van der Waals surface area (Å²) in [6.07, 6.45) is 0. The Labute approximate surface area is 333 Å². The van der Waals surface area contributed by atoms with Gasteiger partial charge in [-0.05, 0) is 105 Å². The predicted octanol–water partition coefficient (Wildman–Crippen LogP) is 15.4. The quantitative estimate of drug-likeness (QED) is 0.169. The Morgan fingerprint density at radius 2 is 0.509 bits per heavy atom. The summed E-state index contributed by atoms with van der Waals surface area (Å²) < 4.78 is 0. The Morgan fingerprint density at radius 3 is 0.877 bits per heavy atom. The van der Waals surface area contributed by atoms with Gasteiger partial charge in [0.25, 0.3) is 0 Å². The molecule has 0 amide bonds. The molecule has 3 nitrogen and oxygen atoms in total. The summed E-state index contributed by atoms with van der Waals surface area (Å²) in [5.74, 6) is 0. The van der Waals surface area contributed by atoms with Crippen molar-refractivity contribution in [1.29, 1.82) is 0 Å².